The normalized spacial score (nSPS) is 36.3. The van der Waals surface area contributed by atoms with Crippen LogP contribution in [-0.4, -0.2) is 137 Å². The number of benzene rings is 1. The van der Waals surface area contributed by atoms with Crippen molar-refractivity contribution < 1.29 is 87.3 Å². The predicted molar refractivity (Wildman–Crippen MR) is 164 cm³/mol. The summed E-state index contributed by atoms with van der Waals surface area (Å²) in [6.07, 6.45) is -13.8. The SMILES string of the molecule is C=CC1C(OC2OC(COC(C)=O)C(OC(=O)c3cccc(OC4OC(CO)C(O)C(O)C4O)c3)C(OC(C)=O)C2O)OC=C2C(=O)OCCC21. The van der Waals surface area contributed by atoms with E-state index in [1.165, 1.54) is 36.6 Å². The molecule has 4 heterocycles. The molecule has 0 saturated carbocycles. The molecule has 3 fully saturated rings. The Bertz CT molecular complexity index is 1480. The van der Waals surface area contributed by atoms with E-state index >= 15 is 0 Å². The van der Waals surface area contributed by atoms with E-state index in [0.717, 1.165) is 13.8 Å². The molecule has 0 bridgehead atoms. The molecule has 1 aromatic carbocycles. The molecule has 0 amide bonds. The van der Waals surface area contributed by atoms with Gasteiger partial charge in [-0.2, -0.15) is 0 Å². The van der Waals surface area contributed by atoms with Gasteiger partial charge in [-0.3, -0.25) is 9.59 Å². The van der Waals surface area contributed by atoms with Crippen LogP contribution in [0.4, 0.5) is 0 Å². The van der Waals surface area contributed by atoms with Crippen molar-refractivity contribution in [3.63, 3.8) is 0 Å². The Kier molecular flexibility index (Phi) is 12.3. The van der Waals surface area contributed by atoms with Crippen molar-refractivity contribution in [3.05, 3.63) is 54.3 Å². The molecular weight excluding hydrogens is 684 g/mol. The zero-order valence-corrected chi connectivity index (χ0v) is 27.5. The quantitative estimate of drug-likeness (QED) is 0.0999. The first-order valence-electron chi connectivity index (χ1n) is 16.1. The Morgan fingerprint density at radius 1 is 0.922 bits per heavy atom. The van der Waals surface area contributed by atoms with E-state index in [1.807, 2.05) is 0 Å². The molecule has 0 aliphatic carbocycles. The molecule has 3 saturated heterocycles. The van der Waals surface area contributed by atoms with Crippen LogP contribution in [-0.2, 0) is 52.3 Å². The Balaban J connectivity index is 1.35. The first kappa shape index (κ1) is 38.1. The summed E-state index contributed by atoms with van der Waals surface area (Å²) in [6.45, 7) is 4.95. The molecule has 13 unspecified atom stereocenters. The Morgan fingerprint density at radius 2 is 1.67 bits per heavy atom. The van der Waals surface area contributed by atoms with Gasteiger partial charge in [0, 0.05) is 25.7 Å². The number of cyclic esters (lactones) is 1. The highest BCUT2D eigenvalue weighted by Crippen LogP contribution is 2.39. The van der Waals surface area contributed by atoms with Gasteiger partial charge in [0.15, 0.2) is 18.5 Å². The standard InChI is InChI=1S/C33H40O18/c1-4-18-19-8-9-43-30(42)20(19)12-45-31(18)51-33-26(40)28(46-15(3)36)27(22(49-33)13-44-14(2)35)50-29(41)16-6-5-7-17(10-16)47-32-25(39)24(38)23(37)21(11-34)48-32/h4-7,10,12,18-19,21-28,31-34,37-40H,1,8-9,11,13H2,2-3H3. The first-order valence-corrected chi connectivity index (χ1v) is 16.1. The summed E-state index contributed by atoms with van der Waals surface area (Å²) in [5.41, 5.74) is 0.145. The minimum absolute atomic E-state index is 0.0529. The van der Waals surface area contributed by atoms with E-state index in [-0.39, 0.29) is 29.4 Å². The lowest BCUT2D eigenvalue weighted by Crippen LogP contribution is -2.62. The second-order valence-electron chi connectivity index (χ2n) is 12.2. The minimum Gasteiger partial charge on any atom is -0.471 e. The lowest BCUT2D eigenvalue weighted by Gasteiger charge is -2.45. The number of rotatable bonds is 11. The summed E-state index contributed by atoms with van der Waals surface area (Å²) in [7, 11) is 0. The third-order valence-corrected chi connectivity index (χ3v) is 8.73. The van der Waals surface area contributed by atoms with Crippen LogP contribution in [0.15, 0.2) is 48.8 Å². The minimum atomic E-state index is -1.79. The molecule has 4 aliphatic heterocycles. The van der Waals surface area contributed by atoms with Crippen molar-refractivity contribution in [2.24, 2.45) is 11.8 Å². The van der Waals surface area contributed by atoms with Gasteiger partial charge in [-0.1, -0.05) is 12.1 Å². The van der Waals surface area contributed by atoms with Crippen molar-refractivity contribution in [1.29, 1.82) is 0 Å². The smallest absolute Gasteiger partial charge is 0.338 e. The highest BCUT2D eigenvalue weighted by molar-refractivity contribution is 5.90. The third kappa shape index (κ3) is 8.50. The second kappa shape index (κ2) is 16.5. The van der Waals surface area contributed by atoms with Crippen molar-refractivity contribution in [1.82, 2.24) is 0 Å². The number of aliphatic hydroxyl groups is 5. The largest absolute Gasteiger partial charge is 0.471 e. The maximum absolute atomic E-state index is 13.5. The number of carbonyl (C=O) groups excluding carboxylic acids is 4. The second-order valence-corrected chi connectivity index (χ2v) is 12.2. The lowest BCUT2D eigenvalue weighted by molar-refractivity contribution is -0.339. The number of carbonyl (C=O) groups is 4. The summed E-state index contributed by atoms with van der Waals surface area (Å²) in [6, 6.07) is 5.29. The van der Waals surface area contributed by atoms with Crippen LogP contribution in [0.3, 0.4) is 0 Å². The molecule has 0 spiro atoms. The molecule has 1 aromatic rings. The monoisotopic (exact) mass is 724 g/mol. The molecule has 0 aromatic heterocycles. The van der Waals surface area contributed by atoms with Crippen molar-refractivity contribution in [2.45, 2.75) is 88.0 Å². The Morgan fingerprint density at radius 3 is 2.35 bits per heavy atom. The predicted octanol–water partition coefficient (Wildman–Crippen LogP) is -1.41. The molecule has 18 nitrogen and oxygen atoms in total. The van der Waals surface area contributed by atoms with Crippen molar-refractivity contribution in [3.8, 4) is 5.75 Å². The average molecular weight is 725 g/mol. The molecule has 51 heavy (non-hydrogen) atoms. The number of esters is 4. The molecule has 18 heteroatoms. The van der Waals surface area contributed by atoms with E-state index in [4.69, 9.17) is 42.6 Å². The van der Waals surface area contributed by atoms with Gasteiger partial charge < -0.3 is 68.2 Å². The summed E-state index contributed by atoms with van der Waals surface area (Å²) >= 11 is 0. The van der Waals surface area contributed by atoms with Crippen LogP contribution in [0.1, 0.15) is 30.6 Å². The lowest BCUT2D eigenvalue weighted by atomic mass is 9.81. The third-order valence-electron chi connectivity index (χ3n) is 8.73. The van der Waals surface area contributed by atoms with E-state index in [1.54, 1.807) is 0 Å². The Hall–Kier alpha value is -4.14. The fourth-order valence-corrected chi connectivity index (χ4v) is 6.15. The van der Waals surface area contributed by atoms with Crippen LogP contribution in [0.5, 0.6) is 5.75 Å². The number of aliphatic hydroxyl groups excluding tert-OH is 5. The fourth-order valence-electron chi connectivity index (χ4n) is 6.15. The van der Waals surface area contributed by atoms with Crippen molar-refractivity contribution >= 4 is 23.9 Å². The van der Waals surface area contributed by atoms with Gasteiger partial charge in [0.2, 0.25) is 12.6 Å². The molecule has 5 rings (SSSR count). The van der Waals surface area contributed by atoms with Crippen LogP contribution >= 0.6 is 0 Å². The van der Waals surface area contributed by atoms with Gasteiger partial charge in [-0.15, -0.1) is 6.58 Å². The van der Waals surface area contributed by atoms with Gasteiger partial charge >= 0.3 is 23.9 Å². The Labute approximate surface area is 291 Å². The maximum atomic E-state index is 13.5. The first-order chi connectivity index (χ1) is 24.3. The topological polar surface area (TPSA) is 252 Å². The van der Waals surface area contributed by atoms with E-state index < -0.39 is 111 Å². The fraction of sp³-hybridized carbons (Fsp3) is 0.576. The average Bonchev–Trinajstić information content (AvgIpc) is 3.10. The van der Waals surface area contributed by atoms with Gasteiger partial charge in [-0.05, 0) is 24.6 Å². The van der Waals surface area contributed by atoms with Crippen LogP contribution in [0.25, 0.3) is 0 Å². The van der Waals surface area contributed by atoms with E-state index in [2.05, 4.69) is 6.58 Å². The van der Waals surface area contributed by atoms with Gasteiger partial charge in [0.05, 0.1) is 30.6 Å². The molecule has 13 atom stereocenters. The molecule has 280 valence electrons. The molecule has 4 aliphatic rings. The zero-order chi connectivity index (χ0) is 37.0. The van der Waals surface area contributed by atoms with Gasteiger partial charge in [0.25, 0.3) is 0 Å². The van der Waals surface area contributed by atoms with Crippen LogP contribution < -0.4 is 4.74 Å². The maximum Gasteiger partial charge on any atom is 0.338 e. The number of fused-ring (bicyclic) bond motifs is 1. The molecule has 0 radical (unpaired) electrons. The molecular formula is C33H40O18. The summed E-state index contributed by atoms with van der Waals surface area (Å²) in [4.78, 5) is 49.8. The van der Waals surface area contributed by atoms with Crippen molar-refractivity contribution in [2.75, 3.05) is 19.8 Å². The van der Waals surface area contributed by atoms with Gasteiger partial charge in [0.1, 0.15) is 49.0 Å². The zero-order valence-electron chi connectivity index (χ0n) is 27.5. The number of ether oxygens (including phenoxy) is 9. The molecule has 5 N–H and O–H groups in total. The summed E-state index contributed by atoms with van der Waals surface area (Å²) < 4.78 is 49.9. The van der Waals surface area contributed by atoms with Gasteiger partial charge in [-0.25, -0.2) is 9.59 Å². The van der Waals surface area contributed by atoms with E-state index in [9.17, 15) is 44.7 Å². The highest BCUT2D eigenvalue weighted by atomic mass is 16.8. The summed E-state index contributed by atoms with van der Waals surface area (Å²) in [5.74, 6) is -4.20. The number of hydrogen-bond acceptors (Lipinski definition) is 18. The van der Waals surface area contributed by atoms with Crippen LogP contribution in [0.2, 0.25) is 0 Å². The highest BCUT2D eigenvalue weighted by Gasteiger charge is 2.53. The van der Waals surface area contributed by atoms with E-state index in [0.29, 0.717) is 6.42 Å². The summed E-state index contributed by atoms with van der Waals surface area (Å²) in [5, 5.41) is 51.3. The number of hydrogen-bond donors (Lipinski definition) is 5. The van der Waals surface area contributed by atoms with Crippen LogP contribution in [0, 0.1) is 11.8 Å².